The lowest BCUT2D eigenvalue weighted by molar-refractivity contribution is -0.173. The molecule has 3 atom stereocenters. The number of anilines is 1. The van der Waals surface area contributed by atoms with Gasteiger partial charge in [-0.2, -0.15) is 18.3 Å². The number of halogens is 3. The van der Waals surface area contributed by atoms with E-state index in [1.807, 2.05) is 0 Å². The van der Waals surface area contributed by atoms with E-state index in [1.54, 1.807) is 36.4 Å². The number of aromatic nitrogens is 3. The van der Waals surface area contributed by atoms with Crippen molar-refractivity contribution in [1.29, 1.82) is 0 Å². The molecule has 3 aromatic rings. The number of piperidine rings is 1. The van der Waals surface area contributed by atoms with Crippen LogP contribution in [0.15, 0.2) is 42.6 Å². The first kappa shape index (κ1) is 25.8. The predicted octanol–water partition coefficient (Wildman–Crippen LogP) is 4.10. The minimum atomic E-state index is -4.51. The molecule has 5 rings (SSSR count). The highest BCUT2D eigenvalue weighted by molar-refractivity contribution is 5.92. The van der Waals surface area contributed by atoms with E-state index >= 15 is 0 Å². The normalized spacial score (nSPS) is 21.2. The average Bonchev–Trinajstić information content (AvgIpc) is 3.36. The molecule has 0 spiro atoms. The number of nitrogens with one attached hydrogen (secondary N) is 3. The van der Waals surface area contributed by atoms with E-state index in [0.717, 1.165) is 24.1 Å². The molecule has 2 aliphatic heterocycles. The number of fused-ring (bicyclic) bond motifs is 1. The van der Waals surface area contributed by atoms with E-state index in [-0.39, 0.29) is 29.9 Å². The molecule has 2 aromatic heterocycles. The van der Waals surface area contributed by atoms with Crippen LogP contribution in [-0.4, -0.2) is 60.2 Å². The quantitative estimate of drug-likeness (QED) is 0.441. The number of methoxy groups -OCH3 is 2. The highest BCUT2D eigenvalue weighted by Crippen LogP contribution is 2.45. The van der Waals surface area contributed by atoms with E-state index in [4.69, 9.17) is 9.47 Å². The first-order valence-corrected chi connectivity index (χ1v) is 12.4. The van der Waals surface area contributed by atoms with Crippen molar-refractivity contribution in [3.05, 3.63) is 53.9 Å². The molecule has 0 bridgehead atoms. The molecule has 2 unspecified atom stereocenters. The number of carbonyl (C=O) groups excluding carboxylic acids is 1. The first-order chi connectivity index (χ1) is 18.3. The lowest BCUT2D eigenvalue weighted by atomic mass is 9.96. The molecule has 4 heterocycles. The van der Waals surface area contributed by atoms with Crippen LogP contribution < -0.4 is 25.4 Å². The zero-order valence-electron chi connectivity index (χ0n) is 21.0. The fourth-order valence-corrected chi connectivity index (χ4v) is 4.92. The van der Waals surface area contributed by atoms with Crippen molar-refractivity contribution in [3.8, 4) is 22.8 Å². The number of nitrogens with zero attached hydrogens (tertiary/aromatic N) is 3. The standard InChI is InChI=1S/C26H29F3N6O3/c1-37-21-8-6-15(10-22(21)38-2)19-11-23(26(27,28)29)35-24(33-19)12-20(34-35)16-5-7-18(31-13-16)25(36)32-17-4-3-9-30-14-17/h5-8,10,12-13,17,19,23,30,33H,3-4,9,11,14H2,1-2H3,(H,32,36)/t17-,19?,23?/m1/s1. The topological polar surface area (TPSA) is 102 Å². The van der Waals surface area contributed by atoms with Crippen molar-refractivity contribution in [2.24, 2.45) is 0 Å². The van der Waals surface area contributed by atoms with E-state index in [9.17, 15) is 18.0 Å². The summed E-state index contributed by atoms with van der Waals surface area (Å²) in [5, 5.41) is 13.6. The second-order valence-electron chi connectivity index (χ2n) is 9.41. The second kappa shape index (κ2) is 10.5. The van der Waals surface area contributed by atoms with Crippen molar-refractivity contribution in [1.82, 2.24) is 25.4 Å². The van der Waals surface area contributed by atoms with Crippen molar-refractivity contribution < 1.29 is 27.4 Å². The Balaban J connectivity index is 1.39. The monoisotopic (exact) mass is 530 g/mol. The summed E-state index contributed by atoms with van der Waals surface area (Å²) in [6.07, 6.45) is -1.42. The molecule has 9 nitrogen and oxygen atoms in total. The second-order valence-corrected chi connectivity index (χ2v) is 9.41. The number of hydrogen-bond acceptors (Lipinski definition) is 7. The summed E-state index contributed by atoms with van der Waals surface area (Å²) in [6.45, 7) is 1.65. The minimum Gasteiger partial charge on any atom is -0.493 e. The Morgan fingerprint density at radius 2 is 1.95 bits per heavy atom. The Kier molecular flexibility index (Phi) is 7.15. The molecule has 2 aliphatic rings. The molecule has 12 heteroatoms. The summed E-state index contributed by atoms with van der Waals surface area (Å²) < 4.78 is 53.9. The predicted molar refractivity (Wildman–Crippen MR) is 134 cm³/mol. The molecule has 0 aliphatic carbocycles. The van der Waals surface area contributed by atoms with Crippen LogP contribution in [0.1, 0.15) is 47.4 Å². The zero-order chi connectivity index (χ0) is 26.9. The fraction of sp³-hybridized carbons (Fsp3) is 0.423. The summed E-state index contributed by atoms with van der Waals surface area (Å²) >= 11 is 0. The molecule has 1 aromatic carbocycles. The number of carbonyl (C=O) groups is 1. The molecule has 3 N–H and O–H groups in total. The fourth-order valence-electron chi connectivity index (χ4n) is 4.92. The van der Waals surface area contributed by atoms with Crippen LogP contribution in [-0.2, 0) is 0 Å². The van der Waals surface area contributed by atoms with Crippen LogP contribution in [0, 0.1) is 0 Å². The van der Waals surface area contributed by atoms with E-state index in [1.165, 1.54) is 20.4 Å². The Bertz CT molecular complexity index is 1290. The first-order valence-electron chi connectivity index (χ1n) is 12.4. The molecular weight excluding hydrogens is 501 g/mol. The summed E-state index contributed by atoms with van der Waals surface area (Å²) in [6, 6.07) is 7.42. The van der Waals surface area contributed by atoms with Gasteiger partial charge < -0.3 is 25.4 Å². The Labute approximate surface area is 217 Å². The molecule has 1 saturated heterocycles. The number of hydrogen-bond donors (Lipinski definition) is 3. The van der Waals surface area contributed by atoms with Gasteiger partial charge in [-0.25, -0.2) is 4.68 Å². The third kappa shape index (κ3) is 5.26. The maximum atomic E-state index is 14.1. The zero-order valence-corrected chi connectivity index (χ0v) is 21.0. The van der Waals surface area contributed by atoms with Gasteiger partial charge in [0.25, 0.3) is 5.91 Å². The molecular formula is C26H29F3N6O3. The van der Waals surface area contributed by atoms with Crippen LogP contribution in [0.2, 0.25) is 0 Å². The molecule has 38 heavy (non-hydrogen) atoms. The van der Waals surface area contributed by atoms with Gasteiger partial charge in [0.1, 0.15) is 11.5 Å². The van der Waals surface area contributed by atoms with Gasteiger partial charge in [0.05, 0.1) is 26.0 Å². The lowest BCUT2D eigenvalue weighted by Gasteiger charge is -2.33. The van der Waals surface area contributed by atoms with Crippen LogP contribution >= 0.6 is 0 Å². The summed E-state index contributed by atoms with van der Waals surface area (Å²) in [5.74, 6) is 0.878. The molecule has 202 valence electrons. The number of ether oxygens (including phenoxy) is 2. The maximum absolute atomic E-state index is 14.1. The lowest BCUT2D eigenvalue weighted by Crippen LogP contribution is -2.45. The number of amides is 1. The van der Waals surface area contributed by atoms with E-state index < -0.39 is 18.3 Å². The van der Waals surface area contributed by atoms with Gasteiger partial charge in [0, 0.05) is 36.8 Å². The van der Waals surface area contributed by atoms with Crippen LogP contribution in [0.25, 0.3) is 11.3 Å². The number of pyridine rings is 1. The van der Waals surface area contributed by atoms with Gasteiger partial charge in [0.2, 0.25) is 0 Å². The van der Waals surface area contributed by atoms with Crippen LogP contribution in [0.4, 0.5) is 19.0 Å². The van der Waals surface area contributed by atoms with Crippen molar-refractivity contribution >= 4 is 11.7 Å². The van der Waals surface area contributed by atoms with Gasteiger partial charge in [-0.15, -0.1) is 0 Å². The van der Waals surface area contributed by atoms with E-state index in [2.05, 4.69) is 26.0 Å². The van der Waals surface area contributed by atoms with E-state index in [0.29, 0.717) is 34.9 Å². The van der Waals surface area contributed by atoms with Crippen LogP contribution in [0.3, 0.4) is 0 Å². The van der Waals surface area contributed by atoms with Gasteiger partial charge in [0.15, 0.2) is 17.5 Å². The third-order valence-corrected chi connectivity index (χ3v) is 6.92. The average molecular weight is 531 g/mol. The molecule has 1 amide bonds. The number of benzene rings is 1. The summed E-state index contributed by atoms with van der Waals surface area (Å²) in [7, 11) is 2.98. The van der Waals surface area contributed by atoms with Crippen molar-refractivity contribution in [2.75, 3.05) is 32.6 Å². The maximum Gasteiger partial charge on any atom is 0.410 e. The van der Waals surface area contributed by atoms with Gasteiger partial charge in [-0.3, -0.25) is 9.78 Å². The number of alkyl halides is 3. The highest BCUT2D eigenvalue weighted by Gasteiger charge is 2.46. The minimum absolute atomic E-state index is 0.0431. The molecule has 0 radical (unpaired) electrons. The SMILES string of the molecule is COc1ccc(C2CC(C(F)(F)F)n3nc(-c4ccc(C(=O)N[C@@H]5CCCNC5)nc4)cc3N2)cc1OC. The smallest absolute Gasteiger partial charge is 0.410 e. The molecule has 0 saturated carbocycles. The van der Waals surface area contributed by atoms with Gasteiger partial charge in [-0.1, -0.05) is 6.07 Å². The largest absolute Gasteiger partial charge is 0.493 e. The molecule has 1 fully saturated rings. The third-order valence-electron chi connectivity index (χ3n) is 6.92. The summed E-state index contributed by atoms with van der Waals surface area (Å²) in [4.78, 5) is 16.8. The number of rotatable bonds is 6. The summed E-state index contributed by atoms with van der Waals surface area (Å²) in [5.41, 5.74) is 1.71. The van der Waals surface area contributed by atoms with Crippen molar-refractivity contribution in [3.63, 3.8) is 0 Å². The van der Waals surface area contributed by atoms with Crippen LogP contribution in [0.5, 0.6) is 11.5 Å². The van der Waals surface area contributed by atoms with Gasteiger partial charge >= 0.3 is 6.18 Å². The van der Waals surface area contributed by atoms with Crippen molar-refractivity contribution in [2.45, 2.75) is 43.6 Å². The Morgan fingerprint density at radius 1 is 1.13 bits per heavy atom. The van der Waals surface area contributed by atoms with Gasteiger partial charge in [-0.05, 0) is 49.2 Å². The Morgan fingerprint density at radius 3 is 2.61 bits per heavy atom. The Hall–Kier alpha value is -3.80. The highest BCUT2D eigenvalue weighted by atomic mass is 19.4.